The molecule has 0 unspecified atom stereocenters. The van der Waals surface area contributed by atoms with Crippen molar-refractivity contribution in [1.29, 1.82) is 0 Å². The lowest BCUT2D eigenvalue weighted by Crippen LogP contribution is -2.54. The minimum absolute atomic E-state index is 0.358. The number of nitrogens with zero attached hydrogens (tertiary/aromatic N) is 1. The number of hydrogen-bond donors (Lipinski definition) is 1. The number of halogens is 6. The molecule has 166 valence electrons. The Morgan fingerprint density at radius 1 is 1.03 bits per heavy atom. The summed E-state index contributed by atoms with van der Waals surface area (Å²) in [5.41, 5.74) is -7.97. The third-order valence-electron chi connectivity index (χ3n) is 4.23. The second-order valence-electron chi connectivity index (χ2n) is 5.97. The second-order valence-corrected chi connectivity index (χ2v) is 5.97. The number of carbonyl (C=O) groups is 2. The minimum atomic E-state index is -6.10. The third-order valence-corrected chi connectivity index (χ3v) is 4.23. The maximum atomic E-state index is 13.2. The Morgan fingerprint density at radius 3 is 2.10 bits per heavy atom. The largest absolute Gasteiger partial charge is 0.466 e. The van der Waals surface area contributed by atoms with E-state index in [1.54, 1.807) is 0 Å². The van der Waals surface area contributed by atoms with Gasteiger partial charge in [-0.1, -0.05) is 12.1 Å². The van der Waals surface area contributed by atoms with Crippen molar-refractivity contribution in [2.24, 2.45) is 0 Å². The van der Waals surface area contributed by atoms with E-state index >= 15 is 0 Å². The van der Waals surface area contributed by atoms with Gasteiger partial charge in [0.25, 0.3) is 5.60 Å². The number of ether oxygens (including phenoxy) is 3. The van der Waals surface area contributed by atoms with Gasteiger partial charge in [-0.05, 0) is 12.1 Å². The lowest BCUT2D eigenvalue weighted by atomic mass is 9.91. The molecule has 0 saturated heterocycles. The van der Waals surface area contributed by atoms with Crippen LogP contribution in [0.4, 0.5) is 32.0 Å². The van der Waals surface area contributed by atoms with Gasteiger partial charge in [0.1, 0.15) is 12.4 Å². The molecule has 13 heteroatoms. The zero-order valence-electron chi connectivity index (χ0n) is 15.4. The summed E-state index contributed by atoms with van der Waals surface area (Å²) >= 11 is 0. The van der Waals surface area contributed by atoms with E-state index in [0.29, 0.717) is 12.1 Å². The predicted molar refractivity (Wildman–Crippen MR) is 86.8 cm³/mol. The summed E-state index contributed by atoms with van der Waals surface area (Å²) in [5, 5.41) is 9.60. The molecular formula is C17H15F6NO6. The summed E-state index contributed by atoms with van der Waals surface area (Å²) in [5.74, 6) is -2.12. The molecule has 0 fully saturated rings. The van der Waals surface area contributed by atoms with Crippen molar-refractivity contribution in [2.45, 2.75) is 18.0 Å². The van der Waals surface area contributed by atoms with Gasteiger partial charge in [0.2, 0.25) is 0 Å². The number of hydrogen-bond acceptors (Lipinski definition) is 7. The molecule has 1 heterocycles. The third kappa shape index (κ3) is 3.94. The van der Waals surface area contributed by atoms with Crippen LogP contribution in [0.1, 0.15) is 5.56 Å². The molecule has 1 aromatic rings. The highest BCUT2D eigenvalue weighted by molar-refractivity contribution is 6.03. The fraction of sp³-hybridized carbons (Fsp3) is 0.412. The van der Waals surface area contributed by atoms with E-state index in [4.69, 9.17) is 4.74 Å². The van der Waals surface area contributed by atoms with Crippen LogP contribution in [0, 0.1) is 0 Å². The molecule has 0 bridgehead atoms. The zero-order valence-corrected chi connectivity index (χ0v) is 15.4. The normalized spacial score (nSPS) is 15.8. The fourth-order valence-corrected chi connectivity index (χ4v) is 2.73. The first-order valence-corrected chi connectivity index (χ1v) is 8.01. The summed E-state index contributed by atoms with van der Waals surface area (Å²) in [6.07, 6.45) is -12.2. The van der Waals surface area contributed by atoms with E-state index in [2.05, 4.69) is 9.47 Å². The van der Waals surface area contributed by atoms with E-state index in [1.165, 1.54) is 0 Å². The van der Waals surface area contributed by atoms with Gasteiger partial charge < -0.3 is 24.2 Å². The number of methoxy groups -OCH3 is 2. The molecule has 7 nitrogen and oxygen atoms in total. The van der Waals surface area contributed by atoms with Gasteiger partial charge in [0.15, 0.2) is 0 Å². The molecule has 0 atom stereocenters. The van der Waals surface area contributed by atoms with Crippen LogP contribution in [0.5, 0.6) is 0 Å². The highest BCUT2D eigenvalue weighted by atomic mass is 19.4. The summed E-state index contributed by atoms with van der Waals surface area (Å²) in [6, 6.07) is 2.68. The summed E-state index contributed by atoms with van der Waals surface area (Å²) in [6.45, 7) is -0.923. The number of rotatable bonds is 4. The first kappa shape index (κ1) is 23.5. The topological polar surface area (TPSA) is 85.3 Å². The molecule has 2 rings (SSSR count). The molecule has 0 radical (unpaired) electrons. The molecule has 1 aliphatic rings. The van der Waals surface area contributed by atoms with Crippen molar-refractivity contribution in [3.05, 3.63) is 41.1 Å². The molecule has 0 saturated carbocycles. The summed E-state index contributed by atoms with van der Waals surface area (Å²) < 4.78 is 93.3. The van der Waals surface area contributed by atoms with Crippen molar-refractivity contribution in [2.75, 3.05) is 32.5 Å². The van der Waals surface area contributed by atoms with Gasteiger partial charge in [-0.3, -0.25) is 0 Å². The number of esters is 2. The molecule has 0 amide bonds. The van der Waals surface area contributed by atoms with E-state index in [9.17, 15) is 41.0 Å². The van der Waals surface area contributed by atoms with Gasteiger partial charge in [0.05, 0.1) is 26.4 Å². The fourth-order valence-electron chi connectivity index (χ4n) is 2.73. The monoisotopic (exact) mass is 443 g/mol. The van der Waals surface area contributed by atoms with Crippen LogP contribution in [0.2, 0.25) is 0 Å². The second kappa shape index (κ2) is 8.14. The Hall–Kier alpha value is -2.80. The smallest absolute Gasteiger partial charge is 0.430 e. The first-order valence-electron chi connectivity index (χ1n) is 8.01. The molecular weight excluding hydrogens is 428 g/mol. The number of carbonyl (C=O) groups excluding carboxylic acids is 2. The minimum Gasteiger partial charge on any atom is -0.466 e. The maximum absolute atomic E-state index is 13.2. The zero-order chi connectivity index (χ0) is 22.9. The molecule has 1 N–H and O–H groups in total. The average Bonchev–Trinajstić information content (AvgIpc) is 2.69. The van der Waals surface area contributed by atoms with Gasteiger partial charge in [0, 0.05) is 11.3 Å². The predicted octanol–water partition coefficient (Wildman–Crippen LogP) is 2.39. The molecule has 1 aliphatic heterocycles. The highest BCUT2D eigenvalue weighted by Gasteiger charge is 2.71. The molecule has 30 heavy (non-hydrogen) atoms. The number of benzene rings is 1. The van der Waals surface area contributed by atoms with E-state index in [0.717, 1.165) is 31.3 Å². The average molecular weight is 443 g/mol. The standard InChI is InChI=1S/C17H15F6NO6/c1-28-13(25)11-7-30-8-24(12(11)14(26)29-2)10-5-3-4-9(6-10)15(27,16(18,19)20)17(21,22)23/h3-6,27H,7-8H2,1-2H3. The lowest BCUT2D eigenvalue weighted by Gasteiger charge is -2.35. The van der Waals surface area contributed by atoms with E-state index in [-0.39, 0.29) is 5.57 Å². The van der Waals surface area contributed by atoms with Crippen molar-refractivity contribution in [1.82, 2.24) is 0 Å². The maximum Gasteiger partial charge on any atom is 0.430 e. The van der Waals surface area contributed by atoms with Crippen LogP contribution in [-0.4, -0.2) is 57.0 Å². The first-order chi connectivity index (χ1) is 13.8. The van der Waals surface area contributed by atoms with Crippen molar-refractivity contribution in [3.63, 3.8) is 0 Å². The van der Waals surface area contributed by atoms with Crippen LogP contribution >= 0.6 is 0 Å². The van der Waals surface area contributed by atoms with E-state index < -0.39 is 60.2 Å². The van der Waals surface area contributed by atoms with Gasteiger partial charge in [-0.15, -0.1) is 0 Å². The Labute approximate surface area is 165 Å². The Kier molecular flexibility index (Phi) is 6.37. The molecule has 0 aliphatic carbocycles. The Bertz CT molecular complexity index is 849. The van der Waals surface area contributed by atoms with Crippen molar-refractivity contribution >= 4 is 17.6 Å². The van der Waals surface area contributed by atoms with Crippen LogP contribution in [0.25, 0.3) is 0 Å². The highest BCUT2D eigenvalue weighted by Crippen LogP contribution is 2.50. The number of anilines is 1. The number of aliphatic hydroxyl groups is 1. The van der Waals surface area contributed by atoms with Crippen LogP contribution in [0.15, 0.2) is 35.5 Å². The summed E-state index contributed by atoms with van der Waals surface area (Å²) in [7, 11) is 1.96. The lowest BCUT2D eigenvalue weighted by molar-refractivity contribution is -0.376. The van der Waals surface area contributed by atoms with Crippen LogP contribution in [-0.2, 0) is 29.4 Å². The molecule has 0 aromatic heterocycles. The van der Waals surface area contributed by atoms with Crippen LogP contribution < -0.4 is 4.90 Å². The number of alkyl halides is 6. The van der Waals surface area contributed by atoms with Crippen molar-refractivity contribution in [3.8, 4) is 0 Å². The molecule has 1 aromatic carbocycles. The summed E-state index contributed by atoms with van der Waals surface area (Å²) in [4.78, 5) is 25.0. The van der Waals surface area contributed by atoms with Gasteiger partial charge >= 0.3 is 24.3 Å². The quantitative estimate of drug-likeness (QED) is 0.565. The van der Waals surface area contributed by atoms with Gasteiger partial charge in [-0.2, -0.15) is 26.3 Å². The Morgan fingerprint density at radius 2 is 1.60 bits per heavy atom. The Balaban J connectivity index is 2.68. The van der Waals surface area contributed by atoms with Gasteiger partial charge in [-0.25, -0.2) is 9.59 Å². The van der Waals surface area contributed by atoms with E-state index in [1.807, 2.05) is 0 Å². The SMILES string of the molecule is COC(=O)C1=C(C(=O)OC)N(c2cccc(C(O)(C(F)(F)F)C(F)(F)F)c2)COC1. The van der Waals surface area contributed by atoms with Crippen LogP contribution in [0.3, 0.4) is 0 Å². The van der Waals surface area contributed by atoms with Crippen molar-refractivity contribution < 1.29 is 55.2 Å². The molecule has 0 spiro atoms.